The summed E-state index contributed by atoms with van der Waals surface area (Å²) in [4.78, 5) is 16.0. The van der Waals surface area contributed by atoms with Crippen molar-refractivity contribution in [2.75, 3.05) is 0 Å². The molecule has 1 atom stereocenters. The number of carbonyl (C=O) groups is 1. The minimum Gasteiger partial charge on any atom is -0.467 e. The van der Waals surface area contributed by atoms with Gasteiger partial charge < -0.3 is 14.7 Å². The highest BCUT2D eigenvalue weighted by Crippen LogP contribution is 2.31. The molecule has 2 heterocycles. The molecule has 0 saturated heterocycles. The van der Waals surface area contributed by atoms with Gasteiger partial charge in [0.15, 0.2) is 0 Å². The second-order valence-electron chi connectivity index (χ2n) is 7.07. The molecule has 28 heavy (non-hydrogen) atoms. The van der Waals surface area contributed by atoms with E-state index in [2.05, 4.69) is 52.9 Å². The van der Waals surface area contributed by atoms with Crippen LogP contribution in [0.3, 0.4) is 0 Å². The molecule has 4 nitrogen and oxygen atoms in total. The van der Waals surface area contributed by atoms with E-state index >= 15 is 0 Å². The first-order valence-corrected chi connectivity index (χ1v) is 9.68. The molecular formula is C24H24N2O2. The van der Waals surface area contributed by atoms with Crippen LogP contribution in [0.4, 0.5) is 0 Å². The summed E-state index contributed by atoms with van der Waals surface area (Å²) in [5.41, 5.74) is 3.61. The molecule has 2 aromatic carbocycles. The third-order valence-electron chi connectivity index (χ3n) is 5.16. The van der Waals surface area contributed by atoms with Crippen LogP contribution in [0, 0.1) is 0 Å². The Hall–Kier alpha value is -3.27. The van der Waals surface area contributed by atoms with Crippen molar-refractivity contribution in [1.82, 2.24) is 10.3 Å². The fourth-order valence-electron chi connectivity index (χ4n) is 3.68. The van der Waals surface area contributed by atoms with Crippen LogP contribution in [0.25, 0.3) is 10.9 Å². The molecule has 0 unspecified atom stereocenters. The van der Waals surface area contributed by atoms with Crippen molar-refractivity contribution >= 4 is 16.8 Å². The van der Waals surface area contributed by atoms with Gasteiger partial charge in [-0.15, -0.1) is 0 Å². The number of hydrogen-bond acceptors (Lipinski definition) is 2. The maximum absolute atomic E-state index is 12.6. The van der Waals surface area contributed by atoms with Gasteiger partial charge in [0.05, 0.1) is 12.8 Å². The average Bonchev–Trinajstić information content (AvgIpc) is 3.40. The molecule has 2 N–H and O–H groups in total. The van der Waals surface area contributed by atoms with Crippen molar-refractivity contribution < 1.29 is 9.21 Å². The van der Waals surface area contributed by atoms with Crippen LogP contribution in [0.1, 0.15) is 35.6 Å². The van der Waals surface area contributed by atoms with Crippen molar-refractivity contribution in [2.45, 2.75) is 31.7 Å². The minimum absolute atomic E-state index is 0.0414. The third kappa shape index (κ3) is 4.34. The summed E-state index contributed by atoms with van der Waals surface area (Å²) in [7, 11) is 0. The third-order valence-corrected chi connectivity index (χ3v) is 5.16. The number of aromatic nitrogens is 1. The SMILES string of the molecule is O=C(C[C@@H](CCc1ccccc1)c1c[nH]c2ccccc12)NCc1ccco1. The Morgan fingerprint density at radius 2 is 1.82 bits per heavy atom. The van der Waals surface area contributed by atoms with E-state index in [0.29, 0.717) is 13.0 Å². The molecular weight excluding hydrogens is 348 g/mol. The van der Waals surface area contributed by atoms with Crippen molar-refractivity contribution in [3.63, 3.8) is 0 Å². The summed E-state index contributed by atoms with van der Waals surface area (Å²) in [6.07, 6.45) is 5.99. The van der Waals surface area contributed by atoms with Crippen molar-refractivity contribution in [3.05, 3.63) is 96.1 Å². The Kier molecular flexibility index (Phi) is 5.57. The highest BCUT2D eigenvalue weighted by Gasteiger charge is 2.19. The molecule has 4 aromatic rings. The Balaban J connectivity index is 1.50. The number of fused-ring (bicyclic) bond motifs is 1. The zero-order valence-corrected chi connectivity index (χ0v) is 15.7. The van der Waals surface area contributed by atoms with E-state index < -0.39 is 0 Å². The summed E-state index contributed by atoms with van der Waals surface area (Å²) >= 11 is 0. The number of aryl methyl sites for hydroxylation is 1. The fourth-order valence-corrected chi connectivity index (χ4v) is 3.68. The van der Waals surface area contributed by atoms with Gasteiger partial charge in [0.25, 0.3) is 0 Å². The first-order chi connectivity index (χ1) is 13.8. The molecule has 0 aliphatic heterocycles. The van der Waals surface area contributed by atoms with Crippen molar-refractivity contribution in [2.24, 2.45) is 0 Å². The van der Waals surface area contributed by atoms with Gasteiger partial charge in [-0.1, -0.05) is 48.5 Å². The number of rotatable bonds is 8. The number of aromatic amines is 1. The first-order valence-electron chi connectivity index (χ1n) is 9.68. The number of hydrogen-bond donors (Lipinski definition) is 2. The van der Waals surface area contributed by atoms with Gasteiger partial charge in [0.1, 0.15) is 5.76 Å². The summed E-state index contributed by atoms with van der Waals surface area (Å²) in [6, 6.07) is 22.4. The van der Waals surface area contributed by atoms with E-state index in [1.54, 1.807) is 6.26 Å². The lowest BCUT2D eigenvalue weighted by Gasteiger charge is -2.16. The minimum atomic E-state index is 0.0414. The Labute approximate surface area is 164 Å². The van der Waals surface area contributed by atoms with Crippen LogP contribution in [0.5, 0.6) is 0 Å². The van der Waals surface area contributed by atoms with Crippen molar-refractivity contribution in [3.8, 4) is 0 Å². The number of furan rings is 1. The molecule has 0 aliphatic rings. The summed E-state index contributed by atoms with van der Waals surface area (Å²) < 4.78 is 5.30. The van der Waals surface area contributed by atoms with E-state index in [-0.39, 0.29) is 11.8 Å². The van der Waals surface area contributed by atoms with Gasteiger partial charge >= 0.3 is 0 Å². The zero-order chi connectivity index (χ0) is 19.2. The number of benzene rings is 2. The highest BCUT2D eigenvalue weighted by molar-refractivity contribution is 5.85. The zero-order valence-electron chi connectivity index (χ0n) is 15.7. The second-order valence-corrected chi connectivity index (χ2v) is 7.07. The first kappa shape index (κ1) is 18.1. The van der Waals surface area contributed by atoms with Gasteiger partial charge in [-0.2, -0.15) is 0 Å². The Morgan fingerprint density at radius 3 is 2.64 bits per heavy atom. The summed E-state index contributed by atoms with van der Waals surface area (Å²) in [5.74, 6) is 0.953. The molecule has 4 heteroatoms. The topological polar surface area (TPSA) is 58.0 Å². The van der Waals surface area contributed by atoms with Crippen molar-refractivity contribution in [1.29, 1.82) is 0 Å². The second kappa shape index (κ2) is 8.61. The molecule has 1 amide bonds. The normalized spacial score (nSPS) is 12.1. The van der Waals surface area contributed by atoms with E-state index in [0.717, 1.165) is 24.1 Å². The van der Waals surface area contributed by atoms with Gasteiger partial charge in [-0.05, 0) is 48.1 Å². The maximum Gasteiger partial charge on any atom is 0.220 e. The van der Waals surface area contributed by atoms with Crippen LogP contribution < -0.4 is 5.32 Å². The number of carbonyl (C=O) groups excluding carboxylic acids is 1. The predicted molar refractivity (Wildman–Crippen MR) is 111 cm³/mol. The van der Waals surface area contributed by atoms with E-state index in [4.69, 9.17) is 4.42 Å². The molecule has 0 bridgehead atoms. The molecule has 0 spiro atoms. The molecule has 2 aromatic heterocycles. The largest absolute Gasteiger partial charge is 0.467 e. The van der Waals surface area contributed by atoms with Crippen LogP contribution >= 0.6 is 0 Å². The molecule has 0 fully saturated rings. The maximum atomic E-state index is 12.6. The van der Waals surface area contributed by atoms with Crippen LogP contribution in [-0.4, -0.2) is 10.9 Å². The van der Waals surface area contributed by atoms with E-state index in [1.807, 2.05) is 30.3 Å². The van der Waals surface area contributed by atoms with Gasteiger partial charge in [0.2, 0.25) is 5.91 Å². The van der Waals surface area contributed by atoms with Crippen LogP contribution in [0.15, 0.2) is 83.6 Å². The van der Waals surface area contributed by atoms with Crippen LogP contribution in [0.2, 0.25) is 0 Å². The monoisotopic (exact) mass is 372 g/mol. The van der Waals surface area contributed by atoms with E-state index in [9.17, 15) is 4.79 Å². The number of amides is 1. The molecule has 142 valence electrons. The average molecular weight is 372 g/mol. The lowest BCUT2D eigenvalue weighted by atomic mass is 9.89. The molecule has 0 radical (unpaired) electrons. The number of H-pyrrole nitrogens is 1. The Morgan fingerprint density at radius 1 is 1.00 bits per heavy atom. The Bertz CT molecular complexity index is 1020. The summed E-state index contributed by atoms with van der Waals surface area (Å²) in [6.45, 7) is 0.422. The molecule has 0 saturated carbocycles. The summed E-state index contributed by atoms with van der Waals surface area (Å²) in [5, 5.41) is 4.17. The number of nitrogens with one attached hydrogen (secondary N) is 2. The number of para-hydroxylation sites is 1. The van der Waals surface area contributed by atoms with Crippen LogP contribution in [-0.2, 0) is 17.8 Å². The lowest BCUT2D eigenvalue weighted by molar-refractivity contribution is -0.121. The standard InChI is InChI=1S/C24H24N2O2/c27-24(26-16-20-9-6-14-28-20)15-19(13-12-18-7-2-1-3-8-18)22-17-25-23-11-5-4-10-21(22)23/h1-11,14,17,19,25H,12-13,15-16H2,(H,26,27)/t19-/m1/s1. The van der Waals surface area contributed by atoms with Gasteiger partial charge in [0, 0.05) is 23.5 Å². The predicted octanol–water partition coefficient (Wildman–Crippen LogP) is 5.18. The highest BCUT2D eigenvalue weighted by atomic mass is 16.3. The fraction of sp³-hybridized carbons (Fsp3) is 0.208. The van der Waals surface area contributed by atoms with Gasteiger partial charge in [-0.25, -0.2) is 0 Å². The molecule has 0 aliphatic carbocycles. The van der Waals surface area contributed by atoms with E-state index in [1.165, 1.54) is 16.5 Å². The van der Waals surface area contributed by atoms with Gasteiger partial charge in [-0.3, -0.25) is 4.79 Å². The quantitative estimate of drug-likeness (QED) is 0.447. The smallest absolute Gasteiger partial charge is 0.220 e. The molecule has 4 rings (SSSR count). The lowest BCUT2D eigenvalue weighted by Crippen LogP contribution is -2.24.